The van der Waals surface area contributed by atoms with Crippen LogP contribution in [0.4, 0.5) is 6.01 Å². The maximum atomic E-state index is 12.6. The largest absolute Gasteiger partial charge is 0.452 e. The lowest BCUT2D eigenvalue weighted by Crippen LogP contribution is -2.21. The van der Waals surface area contributed by atoms with Crippen LogP contribution in [0, 0.1) is 13.8 Å². The number of anilines is 1. The number of esters is 1. The summed E-state index contributed by atoms with van der Waals surface area (Å²) < 4.78 is 12.2. The summed E-state index contributed by atoms with van der Waals surface area (Å²) in [5.41, 5.74) is 3.00. The standard InChI is InChI=1S/C22H19N5O4/c1-14-19(15(2)27(26-14)17-11-7-4-8-12-17)21(29)30-13-18(28)23-22-25-24-20(31-22)16-9-5-3-6-10-16/h3-12H,13H2,1-2H3,(H,23,25,28). The second-order valence-corrected chi connectivity index (χ2v) is 6.70. The molecule has 2 heterocycles. The zero-order chi connectivity index (χ0) is 21.8. The number of ether oxygens (including phenoxy) is 1. The molecule has 0 unspecified atom stereocenters. The van der Waals surface area contributed by atoms with Crippen LogP contribution in [0.1, 0.15) is 21.7 Å². The zero-order valence-electron chi connectivity index (χ0n) is 16.9. The molecule has 0 aliphatic heterocycles. The first kappa shape index (κ1) is 20.0. The van der Waals surface area contributed by atoms with Gasteiger partial charge in [-0.1, -0.05) is 41.5 Å². The minimum Gasteiger partial charge on any atom is -0.452 e. The number of hydrogen-bond donors (Lipinski definition) is 1. The summed E-state index contributed by atoms with van der Waals surface area (Å²) >= 11 is 0. The molecule has 0 saturated carbocycles. The second kappa shape index (κ2) is 8.62. The van der Waals surface area contributed by atoms with Crippen molar-refractivity contribution in [3.8, 4) is 17.1 Å². The summed E-state index contributed by atoms with van der Waals surface area (Å²) in [6.45, 7) is 2.98. The van der Waals surface area contributed by atoms with E-state index in [-0.39, 0.29) is 11.9 Å². The van der Waals surface area contributed by atoms with Crippen molar-refractivity contribution in [2.45, 2.75) is 13.8 Å². The summed E-state index contributed by atoms with van der Waals surface area (Å²) in [5.74, 6) is -0.960. The lowest BCUT2D eigenvalue weighted by atomic mass is 10.2. The fourth-order valence-corrected chi connectivity index (χ4v) is 3.09. The van der Waals surface area contributed by atoms with Gasteiger partial charge in [-0.05, 0) is 38.1 Å². The van der Waals surface area contributed by atoms with E-state index in [2.05, 4.69) is 20.6 Å². The van der Waals surface area contributed by atoms with Crippen LogP contribution in [0.15, 0.2) is 65.1 Å². The summed E-state index contributed by atoms with van der Waals surface area (Å²) in [6, 6.07) is 18.5. The average molecular weight is 417 g/mol. The third kappa shape index (κ3) is 4.35. The Morgan fingerprint density at radius 1 is 1.00 bits per heavy atom. The van der Waals surface area contributed by atoms with Gasteiger partial charge in [-0.3, -0.25) is 10.1 Å². The number of aromatic nitrogens is 4. The maximum absolute atomic E-state index is 12.6. The zero-order valence-corrected chi connectivity index (χ0v) is 16.9. The topological polar surface area (TPSA) is 112 Å². The molecular weight excluding hydrogens is 398 g/mol. The van der Waals surface area contributed by atoms with Gasteiger partial charge in [0.25, 0.3) is 5.91 Å². The van der Waals surface area contributed by atoms with Gasteiger partial charge in [-0.15, -0.1) is 5.10 Å². The van der Waals surface area contributed by atoms with Crippen molar-refractivity contribution >= 4 is 17.9 Å². The lowest BCUT2D eigenvalue weighted by molar-refractivity contribution is -0.119. The Morgan fingerprint density at radius 3 is 2.39 bits per heavy atom. The van der Waals surface area contributed by atoms with Gasteiger partial charge in [-0.25, -0.2) is 9.48 Å². The summed E-state index contributed by atoms with van der Waals surface area (Å²) in [5, 5.41) is 14.5. The molecule has 9 nitrogen and oxygen atoms in total. The number of nitrogens with zero attached hydrogens (tertiary/aromatic N) is 4. The van der Waals surface area contributed by atoms with Crippen LogP contribution in [0.5, 0.6) is 0 Å². The van der Waals surface area contributed by atoms with E-state index in [0.717, 1.165) is 11.3 Å². The molecule has 0 bridgehead atoms. The summed E-state index contributed by atoms with van der Waals surface area (Å²) in [6.07, 6.45) is 0. The Labute approximate surface area is 177 Å². The normalized spacial score (nSPS) is 10.6. The highest BCUT2D eigenvalue weighted by Gasteiger charge is 2.22. The number of carbonyl (C=O) groups is 2. The first-order valence-corrected chi connectivity index (χ1v) is 9.50. The van der Waals surface area contributed by atoms with Gasteiger partial charge in [0.2, 0.25) is 5.89 Å². The molecule has 2 aromatic carbocycles. The van der Waals surface area contributed by atoms with Gasteiger partial charge in [-0.2, -0.15) is 5.10 Å². The third-order valence-electron chi connectivity index (χ3n) is 4.52. The Hall–Kier alpha value is -4.27. The number of nitrogens with one attached hydrogen (secondary N) is 1. The number of para-hydroxylation sites is 1. The van der Waals surface area contributed by atoms with Gasteiger partial charge in [0.05, 0.1) is 17.1 Å². The Morgan fingerprint density at radius 2 is 1.68 bits per heavy atom. The van der Waals surface area contributed by atoms with Crippen LogP contribution in [-0.4, -0.2) is 38.5 Å². The van der Waals surface area contributed by atoms with Crippen LogP contribution in [0.3, 0.4) is 0 Å². The van der Waals surface area contributed by atoms with Crippen molar-refractivity contribution in [3.63, 3.8) is 0 Å². The molecule has 0 aliphatic carbocycles. The van der Waals surface area contributed by atoms with E-state index in [1.165, 1.54) is 0 Å². The van der Waals surface area contributed by atoms with Crippen molar-refractivity contribution in [3.05, 3.63) is 77.6 Å². The van der Waals surface area contributed by atoms with Crippen LogP contribution >= 0.6 is 0 Å². The number of hydrogen-bond acceptors (Lipinski definition) is 7. The van der Waals surface area contributed by atoms with Crippen molar-refractivity contribution in [1.29, 1.82) is 0 Å². The number of rotatable bonds is 6. The monoisotopic (exact) mass is 417 g/mol. The highest BCUT2D eigenvalue weighted by Crippen LogP contribution is 2.20. The van der Waals surface area contributed by atoms with Crippen LogP contribution in [0.25, 0.3) is 17.1 Å². The fraction of sp³-hybridized carbons (Fsp3) is 0.136. The first-order valence-electron chi connectivity index (χ1n) is 9.50. The smallest absolute Gasteiger partial charge is 0.342 e. The maximum Gasteiger partial charge on any atom is 0.342 e. The molecule has 2 aromatic heterocycles. The van der Waals surface area contributed by atoms with E-state index in [1.54, 1.807) is 30.7 Å². The molecule has 0 aliphatic rings. The van der Waals surface area contributed by atoms with E-state index >= 15 is 0 Å². The number of carbonyl (C=O) groups excluding carboxylic acids is 2. The Kier molecular flexibility index (Phi) is 5.57. The predicted molar refractivity (Wildman–Crippen MR) is 112 cm³/mol. The second-order valence-electron chi connectivity index (χ2n) is 6.70. The predicted octanol–water partition coefficient (Wildman–Crippen LogP) is 3.33. The summed E-state index contributed by atoms with van der Waals surface area (Å²) in [4.78, 5) is 24.7. The van der Waals surface area contributed by atoms with Gasteiger partial charge in [0.1, 0.15) is 5.56 Å². The van der Waals surface area contributed by atoms with Crippen LogP contribution < -0.4 is 5.32 Å². The van der Waals surface area contributed by atoms with Crippen molar-refractivity contribution in [2.75, 3.05) is 11.9 Å². The molecule has 1 N–H and O–H groups in total. The van der Waals surface area contributed by atoms with Crippen molar-refractivity contribution in [2.24, 2.45) is 0 Å². The first-order chi connectivity index (χ1) is 15.0. The Balaban J connectivity index is 1.39. The van der Waals surface area contributed by atoms with Gasteiger partial charge < -0.3 is 9.15 Å². The van der Waals surface area contributed by atoms with Gasteiger partial charge in [0, 0.05) is 5.56 Å². The van der Waals surface area contributed by atoms with E-state index in [4.69, 9.17) is 9.15 Å². The van der Waals surface area contributed by atoms with E-state index in [0.29, 0.717) is 17.0 Å². The number of benzene rings is 2. The fourth-order valence-electron chi connectivity index (χ4n) is 3.09. The molecule has 0 spiro atoms. The molecular formula is C22H19N5O4. The van der Waals surface area contributed by atoms with Gasteiger partial charge >= 0.3 is 12.0 Å². The molecule has 0 atom stereocenters. The molecule has 4 rings (SSSR count). The lowest BCUT2D eigenvalue weighted by Gasteiger charge is -2.06. The minimum atomic E-state index is -0.636. The molecule has 0 saturated heterocycles. The minimum absolute atomic E-state index is 0.0795. The third-order valence-corrected chi connectivity index (χ3v) is 4.52. The molecule has 31 heavy (non-hydrogen) atoms. The van der Waals surface area contributed by atoms with E-state index in [9.17, 15) is 9.59 Å². The van der Waals surface area contributed by atoms with Crippen LogP contribution in [-0.2, 0) is 9.53 Å². The highest BCUT2D eigenvalue weighted by atomic mass is 16.5. The number of amides is 1. The molecule has 0 radical (unpaired) electrons. The average Bonchev–Trinajstić information content (AvgIpc) is 3.37. The highest BCUT2D eigenvalue weighted by molar-refractivity contribution is 5.95. The number of aryl methyl sites for hydroxylation is 1. The van der Waals surface area contributed by atoms with Crippen molar-refractivity contribution < 1.29 is 18.7 Å². The Bertz CT molecular complexity index is 1220. The SMILES string of the molecule is Cc1nn(-c2ccccc2)c(C)c1C(=O)OCC(=O)Nc1nnc(-c2ccccc2)o1. The molecule has 1 amide bonds. The van der Waals surface area contributed by atoms with Crippen molar-refractivity contribution in [1.82, 2.24) is 20.0 Å². The molecule has 4 aromatic rings. The van der Waals surface area contributed by atoms with E-state index < -0.39 is 18.5 Å². The molecule has 0 fully saturated rings. The van der Waals surface area contributed by atoms with Gasteiger partial charge in [0.15, 0.2) is 6.61 Å². The molecule has 156 valence electrons. The van der Waals surface area contributed by atoms with E-state index in [1.807, 2.05) is 48.5 Å². The summed E-state index contributed by atoms with van der Waals surface area (Å²) in [7, 11) is 0. The quantitative estimate of drug-likeness (QED) is 0.479. The van der Waals surface area contributed by atoms with Crippen LogP contribution in [0.2, 0.25) is 0 Å². The molecule has 9 heteroatoms.